The van der Waals surface area contributed by atoms with Crippen LogP contribution in [0.25, 0.3) is 11.4 Å². The Labute approximate surface area is 154 Å². The molecule has 1 amide bonds. The first-order valence-electron chi connectivity index (χ1n) is 9.27. The van der Waals surface area contributed by atoms with Gasteiger partial charge in [-0.3, -0.25) is 9.78 Å². The molecule has 0 bridgehead atoms. The summed E-state index contributed by atoms with van der Waals surface area (Å²) in [6.45, 7) is 6.30. The van der Waals surface area contributed by atoms with Gasteiger partial charge in [-0.2, -0.15) is 0 Å². The zero-order chi connectivity index (χ0) is 18.4. The molecule has 0 saturated carbocycles. The minimum Gasteiger partial charge on any atom is -0.375 e. The molecular weight excluding hydrogens is 328 g/mol. The lowest BCUT2D eigenvalue weighted by Gasteiger charge is -2.33. The fourth-order valence-corrected chi connectivity index (χ4v) is 3.10. The van der Waals surface area contributed by atoms with Gasteiger partial charge in [-0.25, -0.2) is 9.97 Å². The van der Waals surface area contributed by atoms with Crippen LogP contribution in [-0.2, 0) is 4.74 Å². The highest BCUT2D eigenvalue weighted by atomic mass is 16.5. The summed E-state index contributed by atoms with van der Waals surface area (Å²) in [5, 5.41) is 0. The molecule has 1 atom stereocenters. The zero-order valence-electron chi connectivity index (χ0n) is 15.5. The summed E-state index contributed by atoms with van der Waals surface area (Å²) in [4.78, 5) is 27.3. The number of nitrogens with zero attached hydrogens (tertiary/aromatic N) is 4. The summed E-state index contributed by atoms with van der Waals surface area (Å²) in [5.41, 5.74) is 1.35. The molecule has 1 saturated heterocycles. The van der Waals surface area contributed by atoms with Gasteiger partial charge in [0.2, 0.25) is 0 Å². The van der Waals surface area contributed by atoms with E-state index in [0.29, 0.717) is 37.0 Å². The largest absolute Gasteiger partial charge is 0.375 e. The Morgan fingerprint density at radius 1 is 1.31 bits per heavy atom. The van der Waals surface area contributed by atoms with E-state index >= 15 is 0 Å². The fraction of sp³-hybridized carbons (Fsp3) is 0.500. The predicted molar refractivity (Wildman–Crippen MR) is 99.6 cm³/mol. The number of ether oxygens (including phenoxy) is 1. The molecule has 0 spiro atoms. The van der Waals surface area contributed by atoms with E-state index in [0.717, 1.165) is 18.4 Å². The first kappa shape index (κ1) is 18.5. The monoisotopic (exact) mass is 354 g/mol. The Morgan fingerprint density at radius 3 is 2.81 bits per heavy atom. The molecule has 26 heavy (non-hydrogen) atoms. The summed E-state index contributed by atoms with van der Waals surface area (Å²) in [6.07, 6.45) is 10.1. The Balaban J connectivity index is 1.59. The minimum atomic E-state index is -0.0279. The van der Waals surface area contributed by atoms with Gasteiger partial charge in [0.25, 0.3) is 5.91 Å². The summed E-state index contributed by atoms with van der Waals surface area (Å²) in [5.74, 6) is 1.25. The summed E-state index contributed by atoms with van der Waals surface area (Å²) < 4.78 is 5.82. The van der Waals surface area contributed by atoms with E-state index in [4.69, 9.17) is 4.74 Å². The number of carbonyl (C=O) groups is 1. The van der Waals surface area contributed by atoms with Gasteiger partial charge in [-0.1, -0.05) is 26.7 Å². The third-order valence-electron chi connectivity index (χ3n) is 4.55. The standard InChI is InChI=1S/C20H26N4O2/c1-15(2)5-3-7-18-14-24(9-10-26-18)20(25)17-12-22-19(23-13-17)16-6-4-8-21-11-16/h4,6,8,11-13,15,18H,3,5,7,9-10,14H2,1-2H3/t18-/m1/s1. The first-order valence-corrected chi connectivity index (χ1v) is 9.27. The van der Waals surface area contributed by atoms with E-state index < -0.39 is 0 Å². The van der Waals surface area contributed by atoms with Crippen LogP contribution in [0.2, 0.25) is 0 Å². The van der Waals surface area contributed by atoms with Crippen LogP contribution in [0, 0.1) is 5.92 Å². The molecule has 3 heterocycles. The number of aromatic nitrogens is 3. The van der Waals surface area contributed by atoms with Crippen LogP contribution in [0.15, 0.2) is 36.9 Å². The highest BCUT2D eigenvalue weighted by Crippen LogP contribution is 2.17. The van der Waals surface area contributed by atoms with Crippen LogP contribution in [0.4, 0.5) is 0 Å². The average Bonchev–Trinajstić information content (AvgIpc) is 2.68. The molecule has 6 heteroatoms. The number of morpholine rings is 1. The SMILES string of the molecule is CC(C)CCC[C@@H]1CN(C(=O)c2cnc(-c3cccnc3)nc2)CCO1. The van der Waals surface area contributed by atoms with Crippen molar-refractivity contribution >= 4 is 5.91 Å². The van der Waals surface area contributed by atoms with Crippen molar-refractivity contribution in [1.29, 1.82) is 0 Å². The number of hydrogen-bond donors (Lipinski definition) is 0. The lowest BCUT2D eigenvalue weighted by atomic mass is 10.0. The maximum Gasteiger partial charge on any atom is 0.257 e. The lowest BCUT2D eigenvalue weighted by molar-refractivity contribution is -0.0260. The molecule has 1 fully saturated rings. The Hall–Kier alpha value is -2.34. The van der Waals surface area contributed by atoms with E-state index in [-0.39, 0.29) is 12.0 Å². The maximum absolute atomic E-state index is 12.8. The Kier molecular flexibility index (Phi) is 6.28. The normalized spacial score (nSPS) is 17.5. The summed E-state index contributed by atoms with van der Waals surface area (Å²) in [6, 6.07) is 3.73. The summed E-state index contributed by atoms with van der Waals surface area (Å²) >= 11 is 0. The van der Waals surface area contributed by atoms with E-state index in [9.17, 15) is 4.79 Å². The van der Waals surface area contributed by atoms with Crippen molar-refractivity contribution in [3.63, 3.8) is 0 Å². The number of carbonyl (C=O) groups excluding carboxylic acids is 1. The van der Waals surface area contributed by atoms with Crippen molar-refractivity contribution in [2.45, 2.75) is 39.2 Å². The third kappa shape index (κ3) is 4.85. The van der Waals surface area contributed by atoms with Gasteiger partial charge in [0.05, 0.1) is 18.3 Å². The zero-order valence-corrected chi connectivity index (χ0v) is 15.5. The summed E-state index contributed by atoms with van der Waals surface area (Å²) in [7, 11) is 0. The Bertz CT molecular complexity index is 704. The van der Waals surface area contributed by atoms with E-state index in [1.54, 1.807) is 24.8 Å². The quantitative estimate of drug-likeness (QED) is 0.797. The van der Waals surface area contributed by atoms with Gasteiger partial charge < -0.3 is 9.64 Å². The van der Waals surface area contributed by atoms with Gasteiger partial charge in [0.15, 0.2) is 5.82 Å². The molecule has 1 aliphatic heterocycles. The second-order valence-electron chi connectivity index (χ2n) is 7.11. The number of amides is 1. The van der Waals surface area contributed by atoms with Crippen LogP contribution >= 0.6 is 0 Å². The van der Waals surface area contributed by atoms with Crippen LogP contribution in [0.3, 0.4) is 0 Å². The van der Waals surface area contributed by atoms with Crippen molar-refractivity contribution in [2.75, 3.05) is 19.7 Å². The molecule has 0 N–H and O–H groups in total. The van der Waals surface area contributed by atoms with Crippen LogP contribution in [-0.4, -0.2) is 51.6 Å². The van der Waals surface area contributed by atoms with E-state index in [1.807, 2.05) is 17.0 Å². The van der Waals surface area contributed by atoms with Crippen molar-refractivity contribution in [3.05, 3.63) is 42.5 Å². The second-order valence-corrected chi connectivity index (χ2v) is 7.11. The molecule has 0 unspecified atom stereocenters. The predicted octanol–water partition coefficient (Wildman–Crippen LogP) is 3.21. The van der Waals surface area contributed by atoms with Gasteiger partial charge >= 0.3 is 0 Å². The number of hydrogen-bond acceptors (Lipinski definition) is 5. The van der Waals surface area contributed by atoms with Gasteiger partial charge in [-0.05, 0) is 24.5 Å². The van der Waals surface area contributed by atoms with E-state index in [1.165, 1.54) is 6.42 Å². The van der Waals surface area contributed by atoms with Crippen LogP contribution in [0.5, 0.6) is 0 Å². The smallest absolute Gasteiger partial charge is 0.257 e. The third-order valence-corrected chi connectivity index (χ3v) is 4.55. The van der Waals surface area contributed by atoms with Gasteiger partial charge in [0, 0.05) is 43.4 Å². The minimum absolute atomic E-state index is 0.0279. The Morgan fingerprint density at radius 2 is 2.12 bits per heavy atom. The van der Waals surface area contributed by atoms with Crippen molar-refractivity contribution < 1.29 is 9.53 Å². The van der Waals surface area contributed by atoms with Crippen LogP contribution in [0.1, 0.15) is 43.5 Å². The van der Waals surface area contributed by atoms with Gasteiger partial charge in [0.1, 0.15) is 0 Å². The van der Waals surface area contributed by atoms with Crippen molar-refractivity contribution in [2.24, 2.45) is 5.92 Å². The topological polar surface area (TPSA) is 68.2 Å². The fourth-order valence-electron chi connectivity index (χ4n) is 3.10. The average molecular weight is 354 g/mol. The maximum atomic E-state index is 12.8. The highest BCUT2D eigenvalue weighted by Gasteiger charge is 2.25. The molecule has 2 aromatic heterocycles. The molecule has 138 valence electrons. The van der Waals surface area contributed by atoms with Crippen molar-refractivity contribution in [1.82, 2.24) is 19.9 Å². The lowest BCUT2D eigenvalue weighted by Crippen LogP contribution is -2.45. The molecule has 3 rings (SSSR count). The first-order chi connectivity index (χ1) is 12.6. The van der Waals surface area contributed by atoms with Crippen molar-refractivity contribution in [3.8, 4) is 11.4 Å². The van der Waals surface area contributed by atoms with Gasteiger partial charge in [-0.15, -0.1) is 0 Å². The molecule has 1 aliphatic rings. The molecule has 6 nitrogen and oxygen atoms in total. The molecule has 0 radical (unpaired) electrons. The second kappa shape index (κ2) is 8.85. The number of rotatable bonds is 6. The molecule has 0 aromatic carbocycles. The molecule has 0 aliphatic carbocycles. The number of pyridine rings is 1. The highest BCUT2D eigenvalue weighted by molar-refractivity contribution is 5.93. The van der Waals surface area contributed by atoms with Crippen LogP contribution < -0.4 is 0 Å². The molecular formula is C20H26N4O2. The van der Waals surface area contributed by atoms with E-state index in [2.05, 4.69) is 28.8 Å². The molecule has 2 aromatic rings.